The molecule has 1 N–H and O–H groups in total. The fraction of sp³-hybridized carbons (Fsp3) is 0.241. The van der Waals surface area contributed by atoms with Gasteiger partial charge in [0.25, 0.3) is 5.91 Å². The summed E-state index contributed by atoms with van der Waals surface area (Å²) in [6.07, 6.45) is 5.87. The third-order valence-corrected chi connectivity index (χ3v) is 6.86. The molecule has 2 aromatic carbocycles. The van der Waals surface area contributed by atoms with Gasteiger partial charge in [-0.15, -0.1) is 5.10 Å². The van der Waals surface area contributed by atoms with Crippen LogP contribution in [-0.4, -0.2) is 67.9 Å². The number of aryl methyl sites for hydroxylation is 2. The molecule has 5 aromatic rings. The first-order valence-electron chi connectivity index (χ1n) is 13.0. The summed E-state index contributed by atoms with van der Waals surface area (Å²) in [5.74, 6) is 2.63. The number of carbonyl (C=O) groups excluding carboxylic acids is 1. The van der Waals surface area contributed by atoms with Crippen molar-refractivity contribution in [1.29, 1.82) is 0 Å². The quantitative estimate of drug-likeness (QED) is 0.303. The van der Waals surface area contributed by atoms with Crippen LogP contribution in [-0.2, 0) is 11.8 Å². The number of ether oxygens (including phenoxy) is 1. The Balaban J connectivity index is 1.23. The van der Waals surface area contributed by atoms with Gasteiger partial charge in [-0.2, -0.15) is 0 Å². The lowest BCUT2D eigenvalue weighted by Gasteiger charge is -2.16. The molecule has 0 radical (unpaired) electrons. The minimum absolute atomic E-state index is 0.00951. The Bertz CT molecular complexity index is 1780. The van der Waals surface area contributed by atoms with Gasteiger partial charge in [0.2, 0.25) is 0 Å². The van der Waals surface area contributed by atoms with Crippen LogP contribution in [0.25, 0.3) is 21.9 Å². The second-order valence-corrected chi connectivity index (χ2v) is 10.1. The number of carbonyl (C=O) groups is 1. The average molecular weight is 536 g/mol. The van der Waals surface area contributed by atoms with E-state index < -0.39 is 0 Å². The predicted molar refractivity (Wildman–Crippen MR) is 154 cm³/mol. The highest BCUT2D eigenvalue weighted by atomic mass is 16.5. The van der Waals surface area contributed by atoms with Gasteiger partial charge in [0.15, 0.2) is 0 Å². The summed E-state index contributed by atoms with van der Waals surface area (Å²) >= 11 is 0. The number of pyridine rings is 1. The second-order valence-electron chi connectivity index (χ2n) is 10.1. The molecule has 0 bridgehead atoms. The number of fused-ring (bicyclic) bond motifs is 2. The molecular weight excluding hydrogens is 506 g/mol. The number of amides is 1. The van der Waals surface area contributed by atoms with Crippen molar-refractivity contribution in [2.24, 2.45) is 7.05 Å². The largest absolute Gasteiger partial charge is 0.457 e. The highest BCUT2D eigenvalue weighted by Crippen LogP contribution is 2.32. The van der Waals surface area contributed by atoms with E-state index in [1.807, 2.05) is 81.5 Å². The molecule has 1 amide bonds. The van der Waals surface area contributed by atoms with E-state index in [0.717, 1.165) is 45.5 Å². The maximum atomic E-state index is 13.0. The van der Waals surface area contributed by atoms with Crippen molar-refractivity contribution < 1.29 is 9.53 Å². The number of aromatic nitrogens is 6. The maximum Gasteiger partial charge on any atom is 0.255 e. The normalized spacial score (nSPS) is 14.7. The molecule has 11 heteroatoms. The highest BCUT2D eigenvalue weighted by molar-refractivity contribution is 6.08. The number of hydrogen-bond donors (Lipinski definition) is 1. The summed E-state index contributed by atoms with van der Waals surface area (Å²) in [6, 6.07) is 13.4. The third-order valence-electron chi connectivity index (χ3n) is 6.86. The lowest BCUT2D eigenvalue weighted by atomic mass is 10.2. The van der Waals surface area contributed by atoms with Crippen LogP contribution >= 0.6 is 0 Å². The van der Waals surface area contributed by atoms with Gasteiger partial charge < -0.3 is 15.0 Å². The molecule has 6 rings (SSSR count). The molecule has 0 aliphatic carbocycles. The zero-order chi connectivity index (χ0) is 27.8. The van der Waals surface area contributed by atoms with Gasteiger partial charge in [0.1, 0.15) is 35.0 Å². The lowest BCUT2D eigenvalue weighted by Crippen LogP contribution is -2.25. The number of anilines is 3. The van der Waals surface area contributed by atoms with Gasteiger partial charge in [-0.1, -0.05) is 11.3 Å². The lowest BCUT2D eigenvalue weighted by molar-refractivity contribution is -0.114. The van der Waals surface area contributed by atoms with Crippen molar-refractivity contribution in [3.05, 3.63) is 72.2 Å². The summed E-state index contributed by atoms with van der Waals surface area (Å²) in [7, 11) is 5.82. The van der Waals surface area contributed by atoms with E-state index in [0.29, 0.717) is 35.9 Å². The van der Waals surface area contributed by atoms with E-state index in [4.69, 9.17) is 4.74 Å². The van der Waals surface area contributed by atoms with Gasteiger partial charge in [-0.3, -0.25) is 9.69 Å². The molecule has 11 nitrogen and oxygen atoms in total. The van der Waals surface area contributed by atoms with Gasteiger partial charge in [-0.05, 0) is 69.4 Å². The molecule has 3 aromatic heterocycles. The number of nitrogens with zero attached hydrogens (tertiary/aromatic N) is 8. The minimum atomic E-state index is -0.00951. The van der Waals surface area contributed by atoms with Crippen LogP contribution in [0.4, 0.5) is 17.3 Å². The van der Waals surface area contributed by atoms with Crippen molar-refractivity contribution >= 4 is 45.2 Å². The van der Waals surface area contributed by atoms with E-state index in [9.17, 15) is 4.79 Å². The predicted octanol–water partition coefficient (Wildman–Crippen LogP) is 4.38. The van der Waals surface area contributed by atoms with E-state index >= 15 is 0 Å². The Morgan fingerprint density at radius 1 is 1.07 bits per heavy atom. The van der Waals surface area contributed by atoms with Crippen LogP contribution in [0.1, 0.15) is 12.0 Å². The Kier molecular flexibility index (Phi) is 6.56. The first-order valence-corrected chi connectivity index (χ1v) is 13.0. The summed E-state index contributed by atoms with van der Waals surface area (Å²) in [5, 5.41) is 12.4. The Labute approximate surface area is 231 Å². The van der Waals surface area contributed by atoms with Gasteiger partial charge >= 0.3 is 0 Å². The number of benzene rings is 2. The molecule has 0 spiro atoms. The monoisotopic (exact) mass is 535 g/mol. The highest BCUT2D eigenvalue weighted by Gasteiger charge is 2.28. The Morgan fingerprint density at radius 3 is 2.77 bits per heavy atom. The average Bonchev–Trinajstić information content (AvgIpc) is 3.50. The standard InChI is InChI=1S/C29H29N9O2/c1-18-13-20(5-8-26(18)40-21-6-7-25-23(14-21)34-35-37(25)4)33-28-22-15-27(30-16-24(22)31-17-32-28)38-12-10-19(29(38)39)9-11-36(2)3/h5-9,13-17H,10-12H2,1-4H3,(H,31,32,33)/b19-9+. The van der Waals surface area contributed by atoms with Crippen molar-refractivity contribution in [1.82, 2.24) is 34.8 Å². The summed E-state index contributed by atoms with van der Waals surface area (Å²) in [5.41, 5.74) is 5.01. The van der Waals surface area contributed by atoms with Crippen LogP contribution in [0.3, 0.4) is 0 Å². The number of nitrogens with one attached hydrogen (secondary N) is 1. The minimum Gasteiger partial charge on any atom is -0.457 e. The van der Waals surface area contributed by atoms with E-state index in [1.54, 1.807) is 15.8 Å². The number of rotatable bonds is 7. The molecule has 1 aliphatic heterocycles. The molecule has 1 aliphatic rings. The van der Waals surface area contributed by atoms with Crippen LogP contribution < -0.4 is 15.0 Å². The van der Waals surface area contributed by atoms with Crippen molar-refractivity contribution in [2.75, 3.05) is 37.4 Å². The van der Waals surface area contributed by atoms with Crippen molar-refractivity contribution in [3.8, 4) is 11.5 Å². The molecule has 0 unspecified atom stereocenters. The Morgan fingerprint density at radius 2 is 1.95 bits per heavy atom. The molecule has 1 fully saturated rings. The van der Waals surface area contributed by atoms with E-state index in [-0.39, 0.29) is 5.91 Å². The fourth-order valence-corrected chi connectivity index (χ4v) is 4.70. The van der Waals surface area contributed by atoms with Crippen molar-refractivity contribution in [2.45, 2.75) is 13.3 Å². The van der Waals surface area contributed by atoms with Crippen LogP contribution in [0.15, 0.2) is 66.6 Å². The van der Waals surface area contributed by atoms with Gasteiger partial charge in [0, 0.05) is 42.9 Å². The Hall–Kier alpha value is -4.90. The zero-order valence-electron chi connectivity index (χ0n) is 22.8. The fourth-order valence-electron chi connectivity index (χ4n) is 4.70. The summed E-state index contributed by atoms with van der Waals surface area (Å²) in [4.78, 5) is 30.2. The molecular formula is C29H29N9O2. The maximum absolute atomic E-state index is 13.0. The van der Waals surface area contributed by atoms with E-state index in [1.165, 1.54) is 6.33 Å². The van der Waals surface area contributed by atoms with Crippen LogP contribution in [0.2, 0.25) is 0 Å². The third kappa shape index (κ3) is 4.94. The number of hydrogen-bond acceptors (Lipinski definition) is 9. The van der Waals surface area contributed by atoms with Crippen molar-refractivity contribution in [3.63, 3.8) is 0 Å². The molecule has 40 heavy (non-hydrogen) atoms. The smallest absolute Gasteiger partial charge is 0.255 e. The first kappa shape index (κ1) is 25.4. The van der Waals surface area contributed by atoms with Gasteiger partial charge in [0.05, 0.1) is 17.2 Å². The second kappa shape index (κ2) is 10.3. The van der Waals surface area contributed by atoms with Gasteiger partial charge in [-0.25, -0.2) is 19.6 Å². The molecule has 1 saturated heterocycles. The molecule has 0 atom stereocenters. The van der Waals surface area contributed by atoms with E-state index in [2.05, 4.69) is 30.6 Å². The number of likely N-dealkylation sites (N-methyl/N-ethyl adjacent to an activating group) is 1. The topological polar surface area (TPSA) is 114 Å². The summed E-state index contributed by atoms with van der Waals surface area (Å²) in [6.45, 7) is 3.31. The molecule has 4 heterocycles. The molecule has 0 saturated carbocycles. The SMILES string of the molecule is Cc1cc(Nc2ncnc3cnc(N4CC/C(=C\CN(C)C)C4=O)cc23)ccc1Oc1ccc2c(c1)nnn2C. The van der Waals surface area contributed by atoms with Crippen LogP contribution in [0.5, 0.6) is 11.5 Å². The first-order chi connectivity index (χ1) is 19.4. The summed E-state index contributed by atoms with van der Waals surface area (Å²) < 4.78 is 7.87. The van der Waals surface area contributed by atoms with Crippen LogP contribution in [0, 0.1) is 6.92 Å². The molecule has 202 valence electrons. The zero-order valence-corrected chi connectivity index (χ0v) is 22.8.